The molecule has 6 heteroatoms. The smallest absolute Gasteiger partial charge is 0.318 e. The highest BCUT2D eigenvalue weighted by molar-refractivity contribution is 5.76. The minimum Gasteiger partial charge on any atom is -0.481 e. The number of hydrogen-bond acceptors (Lipinski definition) is 3. The Bertz CT molecular complexity index is 454. The molecule has 0 atom stereocenters. The number of aromatic nitrogens is 1. The van der Waals surface area contributed by atoms with Crippen molar-refractivity contribution in [2.75, 3.05) is 6.54 Å². The predicted octanol–water partition coefficient (Wildman–Crippen LogP) is 1.87. The first-order valence-electron chi connectivity index (χ1n) is 6.48. The Balaban J connectivity index is 2.61. The third-order valence-electron chi connectivity index (χ3n) is 2.75. The van der Waals surface area contributed by atoms with Gasteiger partial charge in [-0.2, -0.15) is 0 Å². The Kier molecular flexibility index (Phi) is 5.49. The molecular weight excluding hydrogens is 258 g/mol. The van der Waals surface area contributed by atoms with Gasteiger partial charge in [0, 0.05) is 18.3 Å². The van der Waals surface area contributed by atoms with E-state index >= 15 is 0 Å². The summed E-state index contributed by atoms with van der Waals surface area (Å²) in [7, 11) is 0. The molecule has 0 radical (unpaired) electrons. The van der Waals surface area contributed by atoms with Gasteiger partial charge in [0.1, 0.15) is 0 Å². The van der Waals surface area contributed by atoms with Crippen LogP contribution in [0.5, 0.6) is 0 Å². The summed E-state index contributed by atoms with van der Waals surface area (Å²) in [4.78, 5) is 28.5. The molecule has 0 unspecified atom stereocenters. The Morgan fingerprint density at radius 1 is 1.35 bits per heavy atom. The van der Waals surface area contributed by atoms with E-state index in [1.165, 1.54) is 4.90 Å². The van der Waals surface area contributed by atoms with Gasteiger partial charge in [0.15, 0.2) is 0 Å². The number of carbonyl (C=O) groups is 2. The fourth-order valence-corrected chi connectivity index (χ4v) is 1.71. The molecule has 6 nitrogen and oxygen atoms in total. The minimum absolute atomic E-state index is 0.0751. The number of carboxylic acids is 1. The average molecular weight is 279 g/mol. The molecular formula is C14H21N3O3. The summed E-state index contributed by atoms with van der Waals surface area (Å²) >= 11 is 0. The maximum atomic E-state index is 12.2. The van der Waals surface area contributed by atoms with Gasteiger partial charge in [0.05, 0.1) is 18.7 Å². The van der Waals surface area contributed by atoms with Gasteiger partial charge in [-0.3, -0.25) is 9.78 Å². The molecule has 0 saturated heterocycles. The first kappa shape index (κ1) is 15.9. The molecule has 0 saturated carbocycles. The van der Waals surface area contributed by atoms with Crippen LogP contribution < -0.4 is 5.32 Å². The number of hydrogen-bond donors (Lipinski definition) is 2. The lowest BCUT2D eigenvalue weighted by Gasteiger charge is -2.35. The standard InChI is InChI=1S/C14H21N3O3/c1-14(2,3)17(9-7-12(18)19)13(20)16-10-11-6-4-5-8-15-11/h4-6,8H,7,9-10H2,1-3H3,(H,16,20)(H,18,19). The van der Waals surface area contributed by atoms with Crippen LogP contribution in [0, 0.1) is 0 Å². The van der Waals surface area contributed by atoms with Gasteiger partial charge >= 0.3 is 12.0 Å². The number of nitrogens with zero attached hydrogens (tertiary/aromatic N) is 2. The number of urea groups is 1. The molecule has 110 valence electrons. The van der Waals surface area contributed by atoms with E-state index < -0.39 is 11.5 Å². The van der Waals surface area contributed by atoms with E-state index in [4.69, 9.17) is 5.11 Å². The molecule has 1 rings (SSSR count). The molecule has 0 aromatic carbocycles. The van der Waals surface area contributed by atoms with E-state index in [1.807, 2.05) is 32.9 Å². The molecule has 1 aromatic rings. The lowest BCUT2D eigenvalue weighted by molar-refractivity contribution is -0.137. The highest BCUT2D eigenvalue weighted by atomic mass is 16.4. The number of rotatable bonds is 5. The number of aliphatic carboxylic acids is 1. The third-order valence-corrected chi connectivity index (χ3v) is 2.75. The summed E-state index contributed by atoms with van der Waals surface area (Å²) < 4.78 is 0. The molecule has 0 bridgehead atoms. The molecule has 1 heterocycles. The van der Waals surface area contributed by atoms with Gasteiger partial charge in [0.25, 0.3) is 0 Å². The maximum absolute atomic E-state index is 12.2. The normalized spacial score (nSPS) is 10.9. The van der Waals surface area contributed by atoms with E-state index in [0.717, 1.165) is 5.69 Å². The Hall–Kier alpha value is -2.11. The van der Waals surface area contributed by atoms with Crippen molar-refractivity contribution in [1.29, 1.82) is 0 Å². The van der Waals surface area contributed by atoms with Crippen LogP contribution >= 0.6 is 0 Å². The van der Waals surface area contributed by atoms with Gasteiger partial charge in [-0.05, 0) is 32.9 Å². The van der Waals surface area contributed by atoms with Crippen LogP contribution in [0.4, 0.5) is 4.79 Å². The van der Waals surface area contributed by atoms with Crippen molar-refractivity contribution in [2.45, 2.75) is 39.3 Å². The Labute approximate surface area is 118 Å². The van der Waals surface area contributed by atoms with Crippen molar-refractivity contribution < 1.29 is 14.7 Å². The minimum atomic E-state index is -0.920. The summed E-state index contributed by atoms with van der Waals surface area (Å²) in [5.41, 5.74) is 0.317. The topological polar surface area (TPSA) is 82.5 Å². The zero-order valence-corrected chi connectivity index (χ0v) is 12.1. The molecule has 0 spiro atoms. The van der Waals surface area contributed by atoms with Crippen molar-refractivity contribution in [3.05, 3.63) is 30.1 Å². The van der Waals surface area contributed by atoms with E-state index in [-0.39, 0.29) is 19.0 Å². The quantitative estimate of drug-likeness (QED) is 0.862. The predicted molar refractivity (Wildman–Crippen MR) is 75.2 cm³/mol. The largest absolute Gasteiger partial charge is 0.481 e. The van der Waals surface area contributed by atoms with Crippen LogP contribution in [0.2, 0.25) is 0 Å². The average Bonchev–Trinajstić information content (AvgIpc) is 2.35. The maximum Gasteiger partial charge on any atom is 0.318 e. The highest BCUT2D eigenvalue weighted by Gasteiger charge is 2.26. The van der Waals surface area contributed by atoms with Gasteiger partial charge in [-0.25, -0.2) is 4.79 Å². The van der Waals surface area contributed by atoms with Crippen molar-refractivity contribution in [3.63, 3.8) is 0 Å². The first-order valence-corrected chi connectivity index (χ1v) is 6.48. The van der Waals surface area contributed by atoms with Crippen LogP contribution in [0.1, 0.15) is 32.9 Å². The van der Waals surface area contributed by atoms with Crippen LogP contribution in [-0.4, -0.2) is 39.1 Å². The molecule has 0 aliphatic heterocycles. The Morgan fingerprint density at radius 2 is 2.05 bits per heavy atom. The monoisotopic (exact) mass is 279 g/mol. The summed E-state index contributed by atoms with van der Waals surface area (Å²) in [6.45, 7) is 6.10. The fourth-order valence-electron chi connectivity index (χ4n) is 1.71. The summed E-state index contributed by atoms with van der Waals surface area (Å²) in [6.07, 6.45) is 1.59. The number of nitrogens with one attached hydrogen (secondary N) is 1. The SMILES string of the molecule is CC(C)(C)N(CCC(=O)O)C(=O)NCc1ccccn1. The zero-order chi connectivity index (χ0) is 15.2. The molecule has 0 fully saturated rings. The molecule has 1 aromatic heterocycles. The van der Waals surface area contributed by atoms with Crippen molar-refractivity contribution >= 4 is 12.0 Å². The van der Waals surface area contributed by atoms with Crippen LogP contribution in [0.3, 0.4) is 0 Å². The van der Waals surface area contributed by atoms with Crippen molar-refractivity contribution in [2.24, 2.45) is 0 Å². The summed E-state index contributed by atoms with van der Waals surface area (Å²) in [5, 5.41) is 11.5. The number of carbonyl (C=O) groups excluding carboxylic acids is 1. The van der Waals surface area contributed by atoms with E-state index in [2.05, 4.69) is 10.3 Å². The first-order chi connectivity index (χ1) is 9.30. The van der Waals surface area contributed by atoms with Crippen molar-refractivity contribution in [1.82, 2.24) is 15.2 Å². The zero-order valence-electron chi connectivity index (χ0n) is 12.1. The number of amides is 2. The second-order valence-electron chi connectivity index (χ2n) is 5.45. The van der Waals surface area contributed by atoms with Crippen molar-refractivity contribution in [3.8, 4) is 0 Å². The van der Waals surface area contributed by atoms with Crippen LogP contribution in [0.25, 0.3) is 0 Å². The molecule has 2 amide bonds. The highest BCUT2D eigenvalue weighted by Crippen LogP contribution is 2.14. The Morgan fingerprint density at radius 3 is 2.55 bits per heavy atom. The van der Waals surface area contributed by atoms with Gasteiger partial charge in [0.2, 0.25) is 0 Å². The number of carboxylic acid groups (broad SMARTS) is 1. The second kappa shape index (κ2) is 6.88. The number of pyridine rings is 1. The third kappa shape index (κ3) is 5.26. The van der Waals surface area contributed by atoms with Gasteiger partial charge < -0.3 is 15.3 Å². The molecule has 0 aliphatic rings. The van der Waals surface area contributed by atoms with E-state index in [9.17, 15) is 9.59 Å². The molecule has 0 aliphatic carbocycles. The fraction of sp³-hybridized carbons (Fsp3) is 0.500. The summed E-state index contributed by atoms with van der Waals surface area (Å²) in [5.74, 6) is -0.920. The second-order valence-corrected chi connectivity index (χ2v) is 5.45. The lowest BCUT2D eigenvalue weighted by Crippen LogP contribution is -2.51. The summed E-state index contributed by atoms with van der Waals surface area (Å²) in [6, 6.07) is 5.18. The molecule has 2 N–H and O–H groups in total. The van der Waals surface area contributed by atoms with Crippen LogP contribution in [0.15, 0.2) is 24.4 Å². The van der Waals surface area contributed by atoms with Gasteiger partial charge in [-0.1, -0.05) is 6.07 Å². The van der Waals surface area contributed by atoms with Crippen LogP contribution in [-0.2, 0) is 11.3 Å². The van der Waals surface area contributed by atoms with E-state index in [1.54, 1.807) is 12.3 Å². The molecule has 20 heavy (non-hydrogen) atoms. The van der Waals surface area contributed by atoms with E-state index in [0.29, 0.717) is 6.54 Å². The van der Waals surface area contributed by atoms with Gasteiger partial charge in [-0.15, -0.1) is 0 Å². The lowest BCUT2D eigenvalue weighted by atomic mass is 10.1.